The molecule has 0 spiro atoms. The fourth-order valence-electron chi connectivity index (χ4n) is 1.73. The van der Waals surface area contributed by atoms with Gasteiger partial charge in [-0.2, -0.15) is 0 Å². The highest BCUT2D eigenvalue weighted by molar-refractivity contribution is 7.13. The van der Waals surface area contributed by atoms with Crippen molar-refractivity contribution in [3.05, 3.63) is 41.2 Å². The molecule has 0 aliphatic carbocycles. The fraction of sp³-hybridized carbons (Fsp3) is 0.0833. The number of nitrogens with zero attached hydrogens (tertiary/aromatic N) is 2. The Labute approximate surface area is 107 Å². The molecule has 3 heterocycles. The van der Waals surface area contributed by atoms with Gasteiger partial charge < -0.3 is 4.98 Å². The molecule has 1 amide bonds. The Bertz CT molecular complexity index is 716. The Morgan fingerprint density at radius 1 is 1.44 bits per heavy atom. The minimum absolute atomic E-state index is 0.181. The van der Waals surface area contributed by atoms with Gasteiger partial charge in [-0.3, -0.25) is 15.1 Å². The van der Waals surface area contributed by atoms with E-state index in [1.54, 1.807) is 18.5 Å². The van der Waals surface area contributed by atoms with Gasteiger partial charge in [-0.25, -0.2) is 4.98 Å². The van der Waals surface area contributed by atoms with E-state index >= 15 is 0 Å². The molecule has 0 atom stereocenters. The molecule has 0 fully saturated rings. The third-order valence-electron chi connectivity index (χ3n) is 2.53. The summed E-state index contributed by atoms with van der Waals surface area (Å²) in [6.45, 7) is 1.89. The first-order valence-electron chi connectivity index (χ1n) is 5.39. The van der Waals surface area contributed by atoms with Crippen molar-refractivity contribution in [3.63, 3.8) is 0 Å². The second-order valence-corrected chi connectivity index (χ2v) is 4.70. The Hall–Kier alpha value is -2.21. The summed E-state index contributed by atoms with van der Waals surface area (Å²) in [6.07, 6.45) is 3.39. The summed E-state index contributed by atoms with van der Waals surface area (Å²) in [5, 5.41) is 5.28. The normalized spacial score (nSPS) is 10.7. The lowest BCUT2D eigenvalue weighted by Crippen LogP contribution is -2.12. The highest BCUT2D eigenvalue weighted by Crippen LogP contribution is 2.18. The van der Waals surface area contributed by atoms with Crippen molar-refractivity contribution >= 4 is 33.4 Å². The highest BCUT2D eigenvalue weighted by Gasteiger charge is 2.12. The molecule has 18 heavy (non-hydrogen) atoms. The Morgan fingerprint density at radius 2 is 2.33 bits per heavy atom. The minimum Gasteiger partial charge on any atom is -0.359 e. The summed E-state index contributed by atoms with van der Waals surface area (Å²) < 4.78 is 0. The number of fused-ring (bicyclic) bond motifs is 1. The number of aromatic amines is 1. The van der Waals surface area contributed by atoms with Crippen LogP contribution in [0.5, 0.6) is 0 Å². The maximum absolute atomic E-state index is 12.1. The van der Waals surface area contributed by atoms with Crippen LogP contribution in [-0.4, -0.2) is 20.9 Å². The second kappa shape index (κ2) is 4.23. The lowest BCUT2D eigenvalue weighted by atomic mass is 10.2. The molecular formula is C12H10N4OS. The van der Waals surface area contributed by atoms with Crippen LogP contribution in [0.2, 0.25) is 0 Å². The van der Waals surface area contributed by atoms with Crippen molar-refractivity contribution in [1.82, 2.24) is 15.0 Å². The van der Waals surface area contributed by atoms with Crippen LogP contribution in [0, 0.1) is 6.92 Å². The first kappa shape index (κ1) is 10.9. The van der Waals surface area contributed by atoms with Crippen molar-refractivity contribution in [1.29, 1.82) is 0 Å². The molecule has 6 heteroatoms. The van der Waals surface area contributed by atoms with E-state index in [1.807, 2.05) is 18.4 Å². The van der Waals surface area contributed by atoms with Gasteiger partial charge in [0.25, 0.3) is 5.91 Å². The van der Waals surface area contributed by atoms with Gasteiger partial charge in [-0.1, -0.05) is 0 Å². The first-order valence-corrected chi connectivity index (χ1v) is 6.27. The largest absolute Gasteiger partial charge is 0.359 e. The zero-order valence-electron chi connectivity index (χ0n) is 9.60. The second-order valence-electron chi connectivity index (χ2n) is 3.84. The van der Waals surface area contributed by atoms with E-state index < -0.39 is 0 Å². The molecule has 0 saturated carbocycles. The molecule has 3 rings (SSSR count). The summed E-state index contributed by atoms with van der Waals surface area (Å²) in [5.41, 5.74) is 2.98. The molecule has 0 aliphatic rings. The van der Waals surface area contributed by atoms with Crippen LogP contribution < -0.4 is 5.32 Å². The minimum atomic E-state index is -0.181. The van der Waals surface area contributed by atoms with Crippen molar-refractivity contribution in [2.24, 2.45) is 0 Å². The van der Waals surface area contributed by atoms with E-state index in [2.05, 4.69) is 20.3 Å². The fourth-order valence-corrected chi connectivity index (χ4v) is 2.41. The average Bonchev–Trinajstić information content (AvgIpc) is 2.97. The van der Waals surface area contributed by atoms with Crippen LogP contribution >= 0.6 is 11.3 Å². The average molecular weight is 258 g/mol. The number of aromatic nitrogens is 3. The van der Waals surface area contributed by atoms with Gasteiger partial charge >= 0.3 is 0 Å². The number of aryl methyl sites for hydroxylation is 1. The zero-order chi connectivity index (χ0) is 12.5. The van der Waals surface area contributed by atoms with Gasteiger partial charge in [0, 0.05) is 17.8 Å². The van der Waals surface area contributed by atoms with Crippen molar-refractivity contribution in [3.8, 4) is 0 Å². The number of anilines is 1. The Morgan fingerprint density at radius 3 is 3.11 bits per heavy atom. The molecule has 2 N–H and O–H groups in total. The van der Waals surface area contributed by atoms with E-state index in [-0.39, 0.29) is 5.91 Å². The predicted molar refractivity (Wildman–Crippen MR) is 70.9 cm³/mol. The molecule has 0 unspecified atom stereocenters. The lowest BCUT2D eigenvalue weighted by Gasteiger charge is -2.02. The number of rotatable bonds is 2. The number of hydrogen-bond acceptors (Lipinski definition) is 4. The quantitative estimate of drug-likeness (QED) is 0.742. The van der Waals surface area contributed by atoms with E-state index in [0.717, 1.165) is 16.7 Å². The van der Waals surface area contributed by atoms with Crippen LogP contribution in [0.3, 0.4) is 0 Å². The van der Waals surface area contributed by atoms with Crippen LogP contribution in [0.15, 0.2) is 29.9 Å². The Kier molecular flexibility index (Phi) is 2.56. The van der Waals surface area contributed by atoms with Gasteiger partial charge in [0.15, 0.2) is 5.13 Å². The molecule has 3 aromatic rings. The van der Waals surface area contributed by atoms with Gasteiger partial charge in [0.1, 0.15) is 0 Å². The summed E-state index contributed by atoms with van der Waals surface area (Å²) in [7, 11) is 0. The SMILES string of the molecule is Cc1csc(NC(=O)c2ccnc3cc[nH]c23)n1. The monoisotopic (exact) mass is 258 g/mol. The zero-order valence-corrected chi connectivity index (χ0v) is 10.4. The molecule has 0 radical (unpaired) electrons. The first-order chi connectivity index (χ1) is 8.74. The van der Waals surface area contributed by atoms with Gasteiger partial charge in [-0.15, -0.1) is 11.3 Å². The van der Waals surface area contributed by atoms with E-state index in [4.69, 9.17) is 0 Å². The standard InChI is InChI=1S/C12H10N4OS/c1-7-6-18-12(15-7)16-11(17)8-2-4-13-9-3-5-14-10(8)9/h2-6,14H,1H3,(H,15,16,17). The smallest absolute Gasteiger partial charge is 0.259 e. The predicted octanol–water partition coefficient (Wildman–Crippen LogP) is 2.58. The van der Waals surface area contributed by atoms with Crippen LogP contribution in [-0.2, 0) is 0 Å². The van der Waals surface area contributed by atoms with Gasteiger partial charge in [0.05, 0.1) is 22.3 Å². The molecule has 90 valence electrons. The van der Waals surface area contributed by atoms with Crippen LogP contribution in [0.4, 0.5) is 5.13 Å². The van der Waals surface area contributed by atoms with Crippen LogP contribution in [0.1, 0.15) is 16.1 Å². The molecule has 5 nitrogen and oxygen atoms in total. The number of amides is 1. The van der Waals surface area contributed by atoms with Crippen molar-refractivity contribution < 1.29 is 4.79 Å². The number of nitrogens with one attached hydrogen (secondary N) is 2. The van der Waals surface area contributed by atoms with Crippen molar-refractivity contribution in [2.45, 2.75) is 6.92 Å². The maximum atomic E-state index is 12.1. The maximum Gasteiger partial charge on any atom is 0.259 e. The van der Waals surface area contributed by atoms with Crippen LogP contribution in [0.25, 0.3) is 11.0 Å². The third-order valence-corrected chi connectivity index (χ3v) is 3.41. The topological polar surface area (TPSA) is 70.7 Å². The summed E-state index contributed by atoms with van der Waals surface area (Å²) in [5.74, 6) is -0.181. The highest BCUT2D eigenvalue weighted by atomic mass is 32.1. The number of H-pyrrole nitrogens is 1. The molecule has 0 aromatic carbocycles. The Balaban J connectivity index is 1.94. The van der Waals surface area contributed by atoms with E-state index in [1.165, 1.54) is 11.3 Å². The molecule has 0 saturated heterocycles. The number of carbonyl (C=O) groups excluding carboxylic acids is 1. The number of hydrogen-bond donors (Lipinski definition) is 2. The third kappa shape index (κ3) is 1.86. The summed E-state index contributed by atoms with van der Waals surface area (Å²) in [6, 6.07) is 3.52. The number of carbonyl (C=O) groups is 1. The van der Waals surface area contributed by atoms with Gasteiger partial charge in [-0.05, 0) is 19.1 Å². The summed E-state index contributed by atoms with van der Waals surface area (Å²) in [4.78, 5) is 23.5. The lowest BCUT2D eigenvalue weighted by molar-refractivity contribution is 0.102. The molecular weight excluding hydrogens is 248 g/mol. The molecule has 3 aromatic heterocycles. The van der Waals surface area contributed by atoms with Gasteiger partial charge in [0.2, 0.25) is 0 Å². The molecule has 0 bridgehead atoms. The number of thiazole rings is 1. The number of pyridine rings is 1. The summed E-state index contributed by atoms with van der Waals surface area (Å²) >= 11 is 1.41. The van der Waals surface area contributed by atoms with E-state index in [0.29, 0.717) is 10.7 Å². The molecule has 0 aliphatic heterocycles. The van der Waals surface area contributed by atoms with Crippen molar-refractivity contribution in [2.75, 3.05) is 5.32 Å². The van der Waals surface area contributed by atoms with E-state index in [9.17, 15) is 4.79 Å².